The summed E-state index contributed by atoms with van der Waals surface area (Å²) in [5.41, 5.74) is 3.01. The van der Waals surface area contributed by atoms with Crippen molar-refractivity contribution in [1.82, 2.24) is 5.32 Å². The van der Waals surface area contributed by atoms with Gasteiger partial charge in [-0.1, -0.05) is 0 Å². The standard InChI is InChI=1S/C18H22N2O2/c21-17(12-5-8-19-9-6-12)15-3-4-16-14(11-15)7-10-20(16)18(22)13-1-2-13/h3-4,11-13,19H,1-2,5-10H2. The Morgan fingerprint density at radius 1 is 1.05 bits per heavy atom. The van der Waals surface area contributed by atoms with Gasteiger partial charge in [0.1, 0.15) is 0 Å². The third-order valence-corrected chi connectivity index (χ3v) is 5.16. The second kappa shape index (κ2) is 5.51. The maximum atomic E-state index is 12.6. The van der Waals surface area contributed by atoms with Crippen LogP contribution in [-0.4, -0.2) is 31.3 Å². The molecule has 2 heterocycles. The Morgan fingerprint density at radius 2 is 1.82 bits per heavy atom. The molecule has 0 radical (unpaired) electrons. The Labute approximate surface area is 130 Å². The second-order valence-corrected chi connectivity index (χ2v) is 6.75. The van der Waals surface area contributed by atoms with Gasteiger partial charge in [0.05, 0.1) is 0 Å². The van der Waals surface area contributed by atoms with Gasteiger partial charge in [0.25, 0.3) is 0 Å². The summed E-state index contributed by atoms with van der Waals surface area (Å²) in [6.07, 6.45) is 4.82. The number of fused-ring (bicyclic) bond motifs is 1. The molecule has 22 heavy (non-hydrogen) atoms. The van der Waals surface area contributed by atoms with E-state index in [1.807, 2.05) is 23.1 Å². The van der Waals surface area contributed by atoms with Gasteiger partial charge < -0.3 is 10.2 Å². The number of nitrogens with one attached hydrogen (secondary N) is 1. The molecule has 3 aliphatic rings. The number of hydrogen-bond acceptors (Lipinski definition) is 3. The highest BCUT2D eigenvalue weighted by molar-refractivity contribution is 6.01. The molecule has 0 aromatic heterocycles. The Bertz CT molecular complexity index is 616. The van der Waals surface area contributed by atoms with E-state index in [1.165, 1.54) is 0 Å². The zero-order valence-corrected chi connectivity index (χ0v) is 12.8. The number of nitrogens with zero attached hydrogens (tertiary/aromatic N) is 1. The van der Waals surface area contributed by atoms with Crippen LogP contribution in [0.25, 0.3) is 0 Å². The van der Waals surface area contributed by atoms with Crippen molar-refractivity contribution >= 4 is 17.4 Å². The van der Waals surface area contributed by atoms with Gasteiger partial charge in [-0.25, -0.2) is 0 Å². The van der Waals surface area contributed by atoms with Crippen LogP contribution in [0, 0.1) is 11.8 Å². The molecule has 1 aromatic carbocycles. The fourth-order valence-electron chi connectivity index (χ4n) is 3.65. The lowest BCUT2D eigenvalue weighted by Gasteiger charge is -2.22. The molecule has 1 amide bonds. The largest absolute Gasteiger partial charge is 0.317 e. The zero-order valence-electron chi connectivity index (χ0n) is 12.8. The van der Waals surface area contributed by atoms with Gasteiger partial charge in [0.2, 0.25) is 5.91 Å². The Hall–Kier alpha value is -1.68. The van der Waals surface area contributed by atoms with Crippen LogP contribution in [-0.2, 0) is 11.2 Å². The van der Waals surface area contributed by atoms with Crippen LogP contribution in [0.4, 0.5) is 5.69 Å². The number of rotatable bonds is 3. The lowest BCUT2D eigenvalue weighted by atomic mass is 9.89. The number of hydrogen-bond donors (Lipinski definition) is 1. The van der Waals surface area contributed by atoms with Gasteiger partial charge in [-0.05, 0) is 69.0 Å². The molecular formula is C18H22N2O2. The summed E-state index contributed by atoms with van der Waals surface area (Å²) in [4.78, 5) is 26.8. The van der Waals surface area contributed by atoms with Crippen molar-refractivity contribution in [1.29, 1.82) is 0 Å². The molecule has 1 saturated heterocycles. The third kappa shape index (κ3) is 2.45. The lowest BCUT2D eigenvalue weighted by Crippen LogP contribution is -2.32. The first kappa shape index (κ1) is 13.9. The zero-order chi connectivity index (χ0) is 15.1. The van der Waals surface area contributed by atoms with Crippen LogP contribution in [0.3, 0.4) is 0 Å². The van der Waals surface area contributed by atoms with E-state index in [-0.39, 0.29) is 23.5 Å². The molecule has 4 nitrogen and oxygen atoms in total. The van der Waals surface area contributed by atoms with Crippen molar-refractivity contribution in [3.05, 3.63) is 29.3 Å². The predicted molar refractivity (Wildman–Crippen MR) is 85.1 cm³/mol. The second-order valence-electron chi connectivity index (χ2n) is 6.75. The topological polar surface area (TPSA) is 49.4 Å². The minimum atomic E-state index is 0.157. The smallest absolute Gasteiger partial charge is 0.230 e. The molecule has 4 rings (SSSR count). The first-order chi connectivity index (χ1) is 10.7. The number of Topliss-reactive ketones (excluding diaryl/α,β-unsaturated/α-hetero) is 1. The first-order valence-electron chi connectivity index (χ1n) is 8.43. The van der Waals surface area contributed by atoms with Gasteiger partial charge in [0, 0.05) is 29.6 Å². The fourth-order valence-corrected chi connectivity index (χ4v) is 3.65. The maximum Gasteiger partial charge on any atom is 0.230 e. The number of piperidine rings is 1. The summed E-state index contributed by atoms with van der Waals surface area (Å²) < 4.78 is 0. The van der Waals surface area contributed by atoms with E-state index in [2.05, 4.69) is 5.32 Å². The maximum absolute atomic E-state index is 12.6. The van der Waals surface area contributed by atoms with Crippen LogP contribution in [0.2, 0.25) is 0 Å². The van der Waals surface area contributed by atoms with Gasteiger partial charge in [0.15, 0.2) is 5.78 Å². The van der Waals surface area contributed by atoms with Gasteiger partial charge in [-0.15, -0.1) is 0 Å². The molecule has 2 fully saturated rings. The van der Waals surface area contributed by atoms with E-state index >= 15 is 0 Å². The van der Waals surface area contributed by atoms with Crippen molar-refractivity contribution in [2.45, 2.75) is 32.1 Å². The minimum absolute atomic E-state index is 0.157. The van der Waals surface area contributed by atoms with E-state index < -0.39 is 0 Å². The molecule has 1 aliphatic carbocycles. The van der Waals surface area contributed by atoms with E-state index in [0.717, 1.165) is 68.6 Å². The molecular weight excluding hydrogens is 276 g/mol. The third-order valence-electron chi connectivity index (χ3n) is 5.16. The van der Waals surface area contributed by atoms with Crippen molar-refractivity contribution in [3.63, 3.8) is 0 Å². The van der Waals surface area contributed by atoms with Crippen molar-refractivity contribution in [3.8, 4) is 0 Å². The fraction of sp³-hybridized carbons (Fsp3) is 0.556. The Kier molecular flexibility index (Phi) is 3.49. The molecule has 1 aromatic rings. The van der Waals surface area contributed by atoms with Crippen LogP contribution < -0.4 is 10.2 Å². The highest BCUT2D eigenvalue weighted by atomic mass is 16.2. The minimum Gasteiger partial charge on any atom is -0.317 e. The van der Waals surface area contributed by atoms with E-state index in [1.54, 1.807) is 0 Å². The summed E-state index contributed by atoms with van der Waals surface area (Å²) in [5, 5.41) is 3.30. The number of amides is 1. The Morgan fingerprint density at radius 3 is 2.55 bits per heavy atom. The number of ketones is 1. The predicted octanol–water partition coefficient (Wildman–Crippen LogP) is 2.17. The number of anilines is 1. The lowest BCUT2D eigenvalue weighted by molar-refractivity contribution is -0.119. The SMILES string of the molecule is O=C(c1ccc2c(c1)CCN2C(=O)C1CC1)C1CCNCC1. The van der Waals surface area contributed by atoms with E-state index in [9.17, 15) is 9.59 Å². The van der Waals surface area contributed by atoms with Gasteiger partial charge >= 0.3 is 0 Å². The summed E-state index contributed by atoms with van der Waals surface area (Å²) in [6, 6.07) is 5.93. The van der Waals surface area contributed by atoms with Gasteiger partial charge in [-0.3, -0.25) is 9.59 Å². The van der Waals surface area contributed by atoms with Crippen LogP contribution in [0.15, 0.2) is 18.2 Å². The first-order valence-corrected chi connectivity index (χ1v) is 8.43. The molecule has 0 bridgehead atoms. The summed E-state index contributed by atoms with van der Waals surface area (Å²) in [5.74, 6) is 0.958. The summed E-state index contributed by atoms with van der Waals surface area (Å²) in [6.45, 7) is 2.64. The Balaban J connectivity index is 1.54. The molecule has 0 unspecified atom stereocenters. The van der Waals surface area contributed by atoms with Crippen molar-refractivity contribution in [2.24, 2.45) is 11.8 Å². The van der Waals surface area contributed by atoms with E-state index in [4.69, 9.17) is 0 Å². The monoisotopic (exact) mass is 298 g/mol. The molecule has 1 saturated carbocycles. The summed E-state index contributed by atoms with van der Waals surface area (Å²) >= 11 is 0. The molecule has 116 valence electrons. The molecule has 0 atom stereocenters. The average Bonchev–Trinajstić information content (AvgIpc) is 3.33. The molecule has 4 heteroatoms. The van der Waals surface area contributed by atoms with Crippen molar-refractivity contribution in [2.75, 3.05) is 24.5 Å². The van der Waals surface area contributed by atoms with Crippen LogP contribution in [0.5, 0.6) is 0 Å². The van der Waals surface area contributed by atoms with Gasteiger partial charge in [-0.2, -0.15) is 0 Å². The van der Waals surface area contributed by atoms with Crippen LogP contribution >= 0.6 is 0 Å². The highest BCUT2D eigenvalue weighted by Gasteiger charge is 2.36. The average molecular weight is 298 g/mol. The number of carbonyl (C=O) groups is 2. The number of carbonyl (C=O) groups excluding carboxylic acids is 2. The number of benzene rings is 1. The van der Waals surface area contributed by atoms with Crippen molar-refractivity contribution < 1.29 is 9.59 Å². The normalized spacial score (nSPS) is 21.7. The highest BCUT2D eigenvalue weighted by Crippen LogP contribution is 2.37. The molecule has 0 spiro atoms. The quantitative estimate of drug-likeness (QED) is 0.870. The van der Waals surface area contributed by atoms with Crippen LogP contribution in [0.1, 0.15) is 41.6 Å². The summed E-state index contributed by atoms with van der Waals surface area (Å²) in [7, 11) is 0. The van der Waals surface area contributed by atoms with E-state index in [0.29, 0.717) is 0 Å². The molecule has 1 N–H and O–H groups in total. The molecule has 2 aliphatic heterocycles.